The van der Waals surface area contributed by atoms with Crippen LogP contribution in [0.3, 0.4) is 0 Å². The highest BCUT2D eigenvalue weighted by Crippen LogP contribution is 2.28. The number of anilines is 1. The highest BCUT2D eigenvalue weighted by Gasteiger charge is 2.38. The first-order chi connectivity index (χ1) is 9.70. The summed E-state index contributed by atoms with van der Waals surface area (Å²) in [7, 11) is 0. The maximum atomic E-state index is 12.8. The molecule has 2 amide bonds. The van der Waals surface area contributed by atoms with Gasteiger partial charge in [-0.1, -0.05) is 38.4 Å². The van der Waals surface area contributed by atoms with Crippen LogP contribution in [0, 0.1) is 12.3 Å². The van der Waals surface area contributed by atoms with Crippen molar-refractivity contribution >= 4 is 29.1 Å². The second-order valence-electron chi connectivity index (χ2n) is 6.54. The predicted molar refractivity (Wildman–Crippen MR) is 84.5 cm³/mol. The molecule has 1 aromatic carbocycles. The van der Waals surface area contributed by atoms with Crippen molar-refractivity contribution in [3.8, 4) is 0 Å². The first kappa shape index (κ1) is 15.8. The van der Waals surface area contributed by atoms with E-state index in [0.717, 1.165) is 11.3 Å². The molecule has 0 spiro atoms. The van der Waals surface area contributed by atoms with Gasteiger partial charge in [0.1, 0.15) is 6.04 Å². The van der Waals surface area contributed by atoms with Gasteiger partial charge in [0.15, 0.2) is 0 Å². The van der Waals surface area contributed by atoms with Crippen molar-refractivity contribution in [3.05, 3.63) is 28.8 Å². The molecule has 1 fully saturated rings. The Kier molecular flexibility index (Phi) is 4.28. The van der Waals surface area contributed by atoms with Crippen LogP contribution in [0.25, 0.3) is 0 Å². The van der Waals surface area contributed by atoms with Crippen molar-refractivity contribution in [2.24, 2.45) is 5.41 Å². The molecular formula is C16H21ClN2O2. The summed E-state index contributed by atoms with van der Waals surface area (Å²) in [5.74, 6) is -0.183. The number of nitrogens with one attached hydrogen (secondary N) is 1. The maximum Gasteiger partial charge on any atom is 0.250 e. The fraction of sp³-hybridized carbons (Fsp3) is 0.500. The average molecular weight is 309 g/mol. The Bertz CT molecular complexity index is 578. The number of amides is 2. The van der Waals surface area contributed by atoms with Gasteiger partial charge < -0.3 is 10.2 Å². The number of carbonyl (C=O) groups is 2. The molecule has 1 aliphatic rings. The summed E-state index contributed by atoms with van der Waals surface area (Å²) in [6.45, 7) is 8.13. The van der Waals surface area contributed by atoms with Gasteiger partial charge in [0.2, 0.25) is 11.8 Å². The molecule has 2 rings (SSSR count). The van der Waals surface area contributed by atoms with Crippen molar-refractivity contribution in [3.63, 3.8) is 0 Å². The highest BCUT2D eigenvalue weighted by molar-refractivity contribution is 6.31. The summed E-state index contributed by atoms with van der Waals surface area (Å²) in [6, 6.07) is 5.00. The van der Waals surface area contributed by atoms with Gasteiger partial charge in [-0.15, -0.1) is 0 Å². The summed E-state index contributed by atoms with van der Waals surface area (Å²) in [5.41, 5.74) is 1.36. The van der Waals surface area contributed by atoms with Crippen LogP contribution < -0.4 is 10.2 Å². The first-order valence-corrected chi connectivity index (χ1v) is 7.45. The van der Waals surface area contributed by atoms with E-state index >= 15 is 0 Å². The molecule has 1 unspecified atom stereocenters. The molecule has 1 heterocycles. The summed E-state index contributed by atoms with van der Waals surface area (Å²) in [5, 5.41) is 3.45. The number of rotatable bonds is 1. The van der Waals surface area contributed by atoms with Gasteiger partial charge in [-0.2, -0.15) is 0 Å². The van der Waals surface area contributed by atoms with Gasteiger partial charge >= 0.3 is 0 Å². The van der Waals surface area contributed by atoms with E-state index in [0.29, 0.717) is 18.0 Å². The van der Waals surface area contributed by atoms with Crippen LogP contribution >= 0.6 is 11.6 Å². The number of hydrogen-bond donors (Lipinski definition) is 1. The SMILES string of the molecule is Cc1ccc(N2CCC(=O)NC(C(C)(C)C)C2=O)cc1Cl. The lowest BCUT2D eigenvalue weighted by molar-refractivity contribution is -0.127. The van der Waals surface area contributed by atoms with E-state index in [4.69, 9.17) is 11.6 Å². The fourth-order valence-electron chi connectivity index (χ4n) is 2.37. The van der Waals surface area contributed by atoms with E-state index in [1.54, 1.807) is 11.0 Å². The minimum Gasteiger partial charge on any atom is -0.344 e. The normalized spacial score (nSPS) is 20.2. The Hall–Kier alpha value is -1.55. The van der Waals surface area contributed by atoms with Crippen LogP contribution in [0.5, 0.6) is 0 Å². The molecule has 1 saturated heterocycles. The monoisotopic (exact) mass is 308 g/mol. The number of halogens is 1. The summed E-state index contributed by atoms with van der Waals surface area (Å²) in [4.78, 5) is 26.3. The molecule has 1 atom stereocenters. The molecule has 0 aliphatic carbocycles. The maximum absolute atomic E-state index is 12.8. The number of nitrogens with zero attached hydrogens (tertiary/aromatic N) is 1. The summed E-state index contributed by atoms with van der Waals surface area (Å²) >= 11 is 6.16. The van der Waals surface area contributed by atoms with Crippen LogP contribution in [0.2, 0.25) is 5.02 Å². The van der Waals surface area contributed by atoms with E-state index in [-0.39, 0.29) is 17.2 Å². The van der Waals surface area contributed by atoms with Crippen molar-refractivity contribution in [2.45, 2.75) is 40.2 Å². The van der Waals surface area contributed by atoms with Crippen LogP contribution in [0.4, 0.5) is 5.69 Å². The van der Waals surface area contributed by atoms with Gasteiger partial charge in [-0.25, -0.2) is 0 Å². The third kappa shape index (κ3) is 3.38. The van der Waals surface area contributed by atoms with Gasteiger partial charge in [0, 0.05) is 23.7 Å². The van der Waals surface area contributed by atoms with Crippen LogP contribution in [-0.4, -0.2) is 24.4 Å². The second-order valence-corrected chi connectivity index (χ2v) is 6.95. The summed E-state index contributed by atoms with van der Waals surface area (Å²) in [6.07, 6.45) is 0.295. The van der Waals surface area contributed by atoms with Crippen molar-refractivity contribution in [1.29, 1.82) is 0 Å². The minimum absolute atomic E-state index is 0.0896. The van der Waals surface area contributed by atoms with Gasteiger partial charge in [0.25, 0.3) is 0 Å². The Morgan fingerprint density at radius 3 is 2.52 bits per heavy atom. The molecule has 0 saturated carbocycles. The van der Waals surface area contributed by atoms with Gasteiger partial charge in [-0.05, 0) is 30.0 Å². The van der Waals surface area contributed by atoms with Gasteiger partial charge in [-0.3, -0.25) is 9.59 Å². The van der Waals surface area contributed by atoms with E-state index < -0.39 is 6.04 Å². The number of benzene rings is 1. The largest absolute Gasteiger partial charge is 0.344 e. The van der Waals surface area contributed by atoms with Crippen molar-refractivity contribution in [2.75, 3.05) is 11.4 Å². The van der Waals surface area contributed by atoms with E-state index in [1.165, 1.54) is 0 Å². The average Bonchev–Trinajstić information content (AvgIpc) is 2.52. The molecule has 0 aromatic heterocycles. The fourth-order valence-corrected chi connectivity index (χ4v) is 2.54. The Balaban J connectivity index is 2.39. The van der Waals surface area contributed by atoms with Crippen molar-refractivity contribution < 1.29 is 9.59 Å². The molecule has 1 aliphatic heterocycles. The molecular weight excluding hydrogens is 288 g/mol. The molecule has 4 nitrogen and oxygen atoms in total. The smallest absolute Gasteiger partial charge is 0.250 e. The highest BCUT2D eigenvalue weighted by atomic mass is 35.5. The zero-order valence-electron chi connectivity index (χ0n) is 12.9. The lowest BCUT2D eigenvalue weighted by Gasteiger charge is -2.32. The van der Waals surface area contributed by atoms with Gasteiger partial charge in [0.05, 0.1) is 0 Å². The lowest BCUT2D eigenvalue weighted by Crippen LogP contribution is -2.52. The molecule has 1 aromatic rings. The minimum atomic E-state index is -0.535. The Morgan fingerprint density at radius 2 is 1.95 bits per heavy atom. The van der Waals surface area contributed by atoms with Crippen LogP contribution in [0.15, 0.2) is 18.2 Å². The lowest BCUT2D eigenvalue weighted by atomic mass is 9.86. The second kappa shape index (κ2) is 5.68. The van der Waals surface area contributed by atoms with Crippen LogP contribution in [0.1, 0.15) is 32.8 Å². The Labute approximate surface area is 130 Å². The quantitative estimate of drug-likeness (QED) is 0.867. The van der Waals surface area contributed by atoms with E-state index in [2.05, 4.69) is 5.32 Å². The predicted octanol–water partition coefficient (Wildman–Crippen LogP) is 2.92. The number of aryl methyl sites for hydroxylation is 1. The topological polar surface area (TPSA) is 49.4 Å². The van der Waals surface area contributed by atoms with Crippen LogP contribution in [-0.2, 0) is 9.59 Å². The first-order valence-electron chi connectivity index (χ1n) is 7.07. The van der Waals surface area contributed by atoms with Crippen molar-refractivity contribution in [1.82, 2.24) is 5.32 Å². The molecule has 114 valence electrons. The third-order valence-electron chi connectivity index (χ3n) is 3.71. The Morgan fingerprint density at radius 1 is 1.29 bits per heavy atom. The molecule has 0 bridgehead atoms. The zero-order chi connectivity index (χ0) is 15.8. The molecule has 5 heteroatoms. The van der Waals surface area contributed by atoms with E-state index in [9.17, 15) is 9.59 Å². The summed E-state index contributed by atoms with van der Waals surface area (Å²) < 4.78 is 0. The number of hydrogen-bond acceptors (Lipinski definition) is 2. The molecule has 0 radical (unpaired) electrons. The zero-order valence-corrected chi connectivity index (χ0v) is 13.6. The standard InChI is InChI=1S/C16H21ClN2O2/c1-10-5-6-11(9-12(10)17)19-8-7-13(20)18-14(15(19)21)16(2,3)4/h5-6,9,14H,7-8H2,1-4H3,(H,18,20). The molecule has 21 heavy (non-hydrogen) atoms. The third-order valence-corrected chi connectivity index (χ3v) is 4.12. The van der Waals surface area contributed by atoms with E-state index in [1.807, 2.05) is 39.8 Å². The molecule has 1 N–H and O–H groups in total. The number of carbonyl (C=O) groups excluding carboxylic acids is 2.